The molecule has 1 saturated heterocycles. The molecule has 0 aromatic heterocycles. The summed E-state index contributed by atoms with van der Waals surface area (Å²) < 4.78 is 56.4. The third-order valence-corrected chi connectivity index (χ3v) is 7.78. The lowest BCUT2D eigenvalue weighted by Crippen LogP contribution is -2.27. The summed E-state index contributed by atoms with van der Waals surface area (Å²) in [7, 11) is 0. The molecular weight excluding hydrogens is 509 g/mol. The smallest absolute Gasteiger partial charge is 0.166 e. The fourth-order valence-electron chi connectivity index (χ4n) is 5.34. The van der Waals surface area contributed by atoms with Crippen LogP contribution in [0, 0.1) is 17.5 Å². The van der Waals surface area contributed by atoms with Crippen LogP contribution in [0.4, 0.5) is 13.2 Å². The Balaban J connectivity index is 1.37. The first-order valence-electron chi connectivity index (χ1n) is 14.7. The molecule has 1 fully saturated rings. The maximum absolute atomic E-state index is 15.1. The van der Waals surface area contributed by atoms with Crippen molar-refractivity contribution in [1.29, 1.82) is 0 Å². The van der Waals surface area contributed by atoms with Crippen LogP contribution < -0.4 is 0 Å². The minimum Gasteiger partial charge on any atom is -0.352 e. The molecule has 0 spiro atoms. The molecule has 0 radical (unpaired) electrons. The number of hydrogen-bond acceptors (Lipinski definition) is 2. The van der Waals surface area contributed by atoms with Crippen molar-refractivity contribution >= 4 is 0 Å². The van der Waals surface area contributed by atoms with Gasteiger partial charge in [0.1, 0.15) is 5.82 Å². The molecule has 4 rings (SSSR count). The van der Waals surface area contributed by atoms with Crippen molar-refractivity contribution in [3.63, 3.8) is 0 Å². The van der Waals surface area contributed by atoms with Crippen LogP contribution in [0.15, 0.2) is 66.7 Å². The predicted molar refractivity (Wildman–Crippen MR) is 157 cm³/mol. The summed E-state index contributed by atoms with van der Waals surface area (Å²) >= 11 is 0. The summed E-state index contributed by atoms with van der Waals surface area (Å²) in [6, 6.07) is 15.8. The quantitative estimate of drug-likeness (QED) is 0.156. The summed E-state index contributed by atoms with van der Waals surface area (Å²) in [5.74, 6) is -1.84. The number of benzene rings is 3. The Bertz CT molecular complexity index is 1240. The molecule has 2 nitrogen and oxygen atoms in total. The van der Waals surface area contributed by atoms with E-state index in [1.165, 1.54) is 25.3 Å². The third-order valence-electron chi connectivity index (χ3n) is 7.78. The van der Waals surface area contributed by atoms with Gasteiger partial charge in [0, 0.05) is 11.5 Å². The van der Waals surface area contributed by atoms with Gasteiger partial charge < -0.3 is 9.47 Å². The summed E-state index contributed by atoms with van der Waals surface area (Å²) in [5.41, 5.74) is 3.46. The van der Waals surface area contributed by atoms with E-state index in [1.54, 1.807) is 24.3 Å². The van der Waals surface area contributed by atoms with Crippen molar-refractivity contribution < 1.29 is 22.6 Å². The van der Waals surface area contributed by atoms with Gasteiger partial charge in [-0.05, 0) is 66.5 Å². The van der Waals surface area contributed by atoms with Crippen LogP contribution in [0.3, 0.4) is 0 Å². The van der Waals surface area contributed by atoms with E-state index in [-0.39, 0.29) is 23.6 Å². The predicted octanol–water partition coefficient (Wildman–Crippen LogP) is 10.2. The van der Waals surface area contributed by atoms with Crippen molar-refractivity contribution in [2.75, 3.05) is 13.2 Å². The van der Waals surface area contributed by atoms with Crippen molar-refractivity contribution in [2.45, 2.75) is 83.8 Å². The minimum atomic E-state index is -0.809. The number of halogens is 3. The second-order valence-corrected chi connectivity index (χ2v) is 10.7. The maximum Gasteiger partial charge on any atom is 0.166 e. The Morgan fingerprint density at radius 3 is 2.25 bits per heavy atom. The molecule has 3 aromatic carbocycles. The average Bonchev–Trinajstić information content (AvgIpc) is 2.98. The van der Waals surface area contributed by atoms with Gasteiger partial charge in [-0.3, -0.25) is 0 Å². The Kier molecular flexibility index (Phi) is 11.4. The van der Waals surface area contributed by atoms with Crippen LogP contribution in [0.5, 0.6) is 0 Å². The van der Waals surface area contributed by atoms with Gasteiger partial charge in [-0.25, -0.2) is 13.2 Å². The Hall–Kier alpha value is -2.89. The van der Waals surface area contributed by atoms with E-state index in [0.29, 0.717) is 36.3 Å². The highest BCUT2D eigenvalue weighted by molar-refractivity contribution is 5.71. The summed E-state index contributed by atoms with van der Waals surface area (Å²) in [6.45, 7) is 5.06. The number of hydrogen-bond donors (Lipinski definition) is 0. The molecule has 2 atom stereocenters. The second-order valence-electron chi connectivity index (χ2n) is 10.7. The van der Waals surface area contributed by atoms with E-state index in [1.807, 2.05) is 43.3 Å². The zero-order chi connectivity index (χ0) is 28.3. The Morgan fingerprint density at radius 1 is 0.825 bits per heavy atom. The highest BCUT2D eigenvalue weighted by Crippen LogP contribution is 2.34. The molecule has 0 bridgehead atoms. The van der Waals surface area contributed by atoms with Crippen molar-refractivity contribution in [2.24, 2.45) is 0 Å². The summed E-state index contributed by atoms with van der Waals surface area (Å²) in [6.07, 6.45) is 12.3. The van der Waals surface area contributed by atoms with Gasteiger partial charge in [-0.1, -0.05) is 99.7 Å². The number of unbranched alkanes of at least 4 members (excludes halogenated alkanes) is 5. The van der Waals surface area contributed by atoms with E-state index in [9.17, 15) is 8.78 Å². The number of aryl methyl sites for hydroxylation is 1. The monoisotopic (exact) mass is 550 g/mol. The van der Waals surface area contributed by atoms with Gasteiger partial charge in [0.25, 0.3) is 0 Å². The lowest BCUT2D eigenvalue weighted by Gasteiger charge is -2.29. The molecule has 2 unspecified atom stereocenters. The Labute approximate surface area is 237 Å². The zero-order valence-corrected chi connectivity index (χ0v) is 23.7. The minimum absolute atomic E-state index is 0.0140. The van der Waals surface area contributed by atoms with Gasteiger partial charge in [-0.15, -0.1) is 0 Å². The highest BCUT2D eigenvalue weighted by Gasteiger charge is 2.25. The number of ether oxygens (including phenoxy) is 2. The SMILES string of the molecule is C/C=C/COC1CCC(c2ccc(-c3ccc(-c4ccc(CCCCCCCC)c(F)c4F)cc3)cc2F)CO1. The van der Waals surface area contributed by atoms with Gasteiger partial charge in [-0.2, -0.15) is 0 Å². The van der Waals surface area contributed by atoms with E-state index in [4.69, 9.17) is 9.47 Å². The molecule has 5 heteroatoms. The summed E-state index contributed by atoms with van der Waals surface area (Å²) in [5, 5.41) is 0. The van der Waals surface area contributed by atoms with Crippen LogP contribution >= 0.6 is 0 Å². The lowest BCUT2D eigenvalue weighted by molar-refractivity contribution is -0.160. The van der Waals surface area contributed by atoms with Crippen LogP contribution in [-0.4, -0.2) is 19.5 Å². The standard InChI is InChI=1S/C35H41F3O2/c1-3-5-7-8-9-10-11-27-16-20-31(35(38)34(27)37)26-14-12-25(13-15-26)28-17-19-30(32(36)23-28)29-18-21-33(40-24-29)39-22-6-4-2/h4,6,12-17,19-20,23,29,33H,3,5,7-11,18,21-22,24H2,1-2H3/b6-4+. The molecule has 0 amide bonds. The lowest BCUT2D eigenvalue weighted by atomic mass is 9.91. The van der Waals surface area contributed by atoms with Crippen molar-refractivity contribution in [1.82, 2.24) is 0 Å². The molecule has 0 aliphatic carbocycles. The molecule has 0 N–H and O–H groups in total. The molecule has 3 aromatic rings. The summed E-state index contributed by atoms with van der Waals surface area (Å²) in [4.78, 5) is 0. The topological polar surface area (TPSA) is 18.5 Å². The second kappa shape index (κ2) is 15.2. The fourth-order valence-corrected chi connectivity index (χ4v) is 5.34. The number of allylic oxidation sites excluding steroid dienone is 1. The maximum atomic E-state index is 15.1. The zero-order valence-electron chi connectivity index (χ0n) is 23.7. The van der Waals surface area contributed by atoms with Crippen LogP contribution in [0.1, 0.15) is 82.3 Å². The van der Waals surface area contributed by atoms with Gasteiger partial charge in [0.15, 0.2) is 17.9 Å². The molecule has 1 heterocycles. The Morgan fingerprint density at radius 2 is 1.55 bits per heavy atom. The van der Waals surface area contributed by atoms with Gasteiger partial charge >= 0.3 is 0 Å². The molecule has 40 heavy (non-hydrogen) atoms. The van der Waals surface area contributed by atoms with E-state index in [2.05, 4.69) is 6.92 Å². The molecule has 1 aliphatic rings. The number of rotatable bonds is 13. The highest BCUT2D eigenvalue weighted by atomic mass is 19.2. The van der Waals surface area contributed by atoms with Crippen molar-refractivity contribution in [3.8, 4) is 22.3 Å². The molecular formula is C35H41F3O2. The van der Waals surface area contributed by atoms with E-state index < -0.39 is 11.6 Å². The van der Waals surface area contributed by atoms with Gasteiger partial charge in [0.05, 0.1) is 13.2 Å². The molecule has 0 saturated carbocycles. The molecule has 1 aliphatic heterocycles. The fraction of sp³-hybridized carbons (Fsp3) is 0.429. The van der Waals surface area contributed by atoms with Crippen LogP contribution in [0.25, 0.3) is 22.3 Å². The van der Waals surface area contributed by atoms with E-state index >= 15 is 4.39 Å². The van der Waals surface area contributed by atoms with Gasteiger partial charge in [0.2, 0.25) is 0 Å². The first-order chi connectivity index (χ1) is 19.5. The van der Waals surface area contributed by atoms with Crippen LogP contribution in [-0.2, 0) is 15.9 Å². The van der Waals surface area contributed by atoms with Crippen molar-refractivity contribution in [3.05, 3.63) is 95.3 Å². The first kappa shape index (κ1) is 30.1. The van der Waals surface area contributed by atoms with Crippen LogP contribution in [0.2, 0.25) is 0 Å². The van der Waals surface area contributed by atoms with E-state index in [0.717, 1.165) is 43.2 Å². The first-order valence-corrected chi connectivity index (χ1v) is 14.7. The molecule has 214 valence electrons. The third kappa shape index (κ3) is 7.86. The largest absolute Gasteiger partial charge is 0.352 e. The normalized spacial score (nSPS) is 17.5. The average molecular weight is 551 g/mol.